The fraction of sp³-hybridized carbons (Fsp3) is 0.500. The molecule has 20 heavy (non-hydrogen) atoms. The molecular formula is C14H17N3O3. The van der Waals surface area contributed by atoms with Crippen molar-refractivity contribution in [1.82, 2.24) is 9.88 Å². The van der Waals surface area contributed by atoms with Crippen molar-refractivity contribution >= 4 is 11.9 Å². The van der Waals surface area contributed by atoms with Crippen molar-refractivity contribution in [2.75, 3.05) is 19.7 Å². The predicted octanol–water partition coefficient (Wildman–Crippen LogP) is 1.45. The van der Waals surface area contributed by atoms with Crippen LogP contribution in [-0.2, 0) is 9.53 Å². The van der Waals surface area contributed by atoms with Gasteiger partial charge in [-0.2, -0.15) is 5.26 Å². The zero-order chi connectivity index (χ0) is 14.4. The summed E-state index contributed by atoms with van der Waals surface area (Å²) in [6, 6.07) is 3.35. The van der Waals surface area contributed by atoms with Crippen LogP contribution in [0.5, 0.6) is 0 Å². The van der Waals surface area contributed by atoms with Crippen molar-refractivity contribution in [1.29, 1.82) is 5.26 Å². The van der Waals surface area contributed by atoms with E-state index in [0.29, 0.717) is 24.2 Å². The Bertz CT molecular complexity index is 530. The van der Waals surface area contributed by atoms with Gasteiger partial charge in [-0.1, -0.05) is 6.42 Å². The number of nitrogens with zero attached hydrogens (tertiary/aromatic N) is 2. The van der Waals surface area contributed by atoms with Gasteiger partial charge in [0, 0.05) is 19.2 Å². The summed E-state index contributed by atoms with van der Waals surface area (Å²) in [5.74, 6) is -0.350. The van der Waals surface area contributed by atoms with Crippen LogP contribution in [0.4, 0.5) is 0 Å². The Morgan fingerprint density at radius 1 is 1.45 bits per heavy atom. The lowest BCUT2D eigenvalue weighted by Gasteiger charge is -2.19. The number of hydrogen-bond acceptors (Lipinski definition) is 4. The van der Waals surface area contributed by atoms with E-state index in [1.54, 1.807) is 4.90 Å². The van der Waals surface area contributed by atoms with Gasteiger partial charge in [0.15, 0.2) is 0 Å². The van der Waals surface area contributed by atoms with Crippen LogP contribution in [0.1, 0.15) is 41.7 Å². The molecule has 1 aliphatic heterocycles. The molecule has 0 bridgehead atoms. The van der Waals surface area contributed by atoms with Gasteiger partial charge in [0.25, 0.3) is 0 Å². The predicted molar refractivity (Wildman–Crippen MR) is 70.8 cm³/mol. The number of aromatic amines is 1. The second-order valence-corrected chi connectivity index (χ2v) is 4.74. The molecule has 1 fully saturated rings. The molecule has 1 N–H and O–H groups in total. The van der Waals surface area contributed by atoms with Crippen LogP contribution in [-0.4, -0.2) is 41.5 Å². The number of likely N-dealkylation sites (tertiary alicyclic amines) is 1. The van der Waals surface area contributed by atoms with Crippen LogP contribution >= 0.6 is 0 Å². The summed E-state index contributed by atoms with van der Waals surface area (Å²) in [6.45, 7) is 1.34. The number of nitrogens with one attached hydrogen (secondary N) is 1. The molecular weight excluding hydrogens is 258 g/mol. The Morgan fingerprint density at radius 3 is 3.05 bits per heavy atom. The molecule has 2 rings (SSSR count). The van der Waals surface area contributed by atoms with Gasteiger partial charge in [0.1, 0.15) is 18.4 Å². The lowest BCUT2D eigenvalue weighted by atomic mass is 10.2. The molecule has 6 heteroatoms. The molecule has 0 aliphatic carbocycles. The first-order chi connectivity index (χ1) is 9.70. The topological polar surface area (TPSA) is 86.2 Å². The Hall–Kier alpha value is -2.29. The summed E-state index contributed by atoms with van der Waals surface area (Å²) in [5, 5.41) is 8.66. The monoisotopic (exact) mass is 275 g/mol. The first-order valence-corrected chi connectivity index (χ1v) is 6.74. The van der Waals surface area contributed by atoms with Crippen molar-refractivity contribution in [2.24, 2.45) is 0 Å². The van der Waals surface area contributed by atoms with Crippen LogP contribution in [0.2, 0.25) is 0 Å². The summed E-state index contributed by atoms with van der Waals surface area (Å²) in [4.78, 5) is 27.9. The molecule has 1 aliphatic rings. The quantitative estimate of drug-likeness (QED) is 0.842. The Kier molecular flexibility index (Phi) is 4.77. The zero-order valence-corrected chi connectivity index (χ0v) is 11.2. The van der Waals surface area contributed by atoms with Crippen LogP contribution in [0.25, 0.3) is 0 Å². The highest BCUT2D eigenvalue weighted by atomic mass is 16.5. The SMILES string of the molecule is N#Cc1cc(C(=O)OCCN2CCCCCC2=O)c[nH]1. The van der Waals surface area contributed by atoms with E-state index in [0.717, 1.165) is 25.8 Å². The van der Waals surface area contributed by atoms with Gasteiger partial charge in [-0.3, -0.25) is 4.79 Å². The second kappa shape index (κ2) is 6.75. The molecule has 0 saturated carbocycles. The van der Waals surface area contributed by atoms with E-state index in [-0.39, 0.29) is 12.5 Å². The standard InChI is InChI=1S/C14H17N3O3/c15-9-12-8-11(10-16-12)14(19)20-7-6-17-5-3-1-2-4-13(17)18/h8,10,16H,1-7H2. The second-order valence-electron chi connectivity index (χ2n) is 4.74. The van der Waals surface area contributed by atoms with E-state index in [2.05, 4.69) is 4.98 Å². The summed E-state index contributed by atoms with van der Waals surface area (Å²) < 4.78 is 5.12. The molecule has 1 aromatic heterocycles. The largest absolute Gasteiger partial charge is 0.460 e. The first kappa shape index (κ1) is 14.1. The van der Waals surface area contributed by atoms with Crippen LogP contribution in [0.3, 0.4) is 0 Å². The molecule has 1 amide bonds. The lowest BCUT2D eigenvalue weighted by molar-refractivity contribution is -0.131. The fourth-order valence-corrected chi connectivity index (χ4v) is 2.18. The summed E-state index contributed by atoms with van der Waals surface area (Å²) in [6.07, 6.45) is 5.04. The van der Waals surface area contributed by atoms with Crippen molar-refractivity contribution in [2.45, 2.75) is 25.7 Å². The normalized spacial score (nSPS) is 15.6. The van der Waals surface area contributed by atoms with Gasteiger partial charge in [-0.05, 0) is 18.9 Å². The molecule has 0 atom stereocenters. The number of ether oxygens (including phenoxy) is 1. The van der Waals surface area contributed by atoms with Crippen LogP contribution in [0, 0.1) is 11.3 Å². The average molecular weight is 275 g/mol. The maximum atomic E-state index is 11.7. The summed E-state index contributed by atoms with van der Waals surface area (Å²) in [7, 11) is 0. The number of hydrogen-bond donors (Lipinski definition) is 1. The summed E-state index contributed by atoms with van der Waals surface area (Å²) >= 11 is 0. The number of H-pyrrole nitrogens is 1. The Balaban J connectivity index is 1.78. The van der Waals surface area contributed by atoms with E-state index < -0.39 is 5.97 Å². The average Bonchev–Trinajstić information content (AvgIpc) is 2.85. The minimum Gasteiger partial charge on any atom is -0.460 e. The summed E-state index contributed by atoms with van der Waals surface area (Å²) in [5.41, 5.74) is 0.642. The minimum atomic E-state index is -0.481. The maximum absolute atomic E-state index is 11.7. The first-order valence-electron chi connectivity index (χ1n) is 6.74. The molecule has 0 unspecified atom stereocenters. The van der Waals surface area contributed by atoms with E-state index in [1.807, 2.05) is 6.07 Å². The van der Waals surface area contributed by atoms with E-state index in [9.17, 15) is 9.59 Å². The number of carbonyl (C=O) groups excluding carboxylic acids is 2. The number of carbonyl (C=O) groups is 2. The Morgan fingerprint density at radius 2 is 2.30 bits per heavy atom. The van der Waals surface area contributed by atoms with E-state index >= 15 is 0 Å². The highest BCUT2D eigenvalue weighted by Gasteiger charge is 2.17. The number of amides is 1. The zero-order valence-electron chi connectivity index (χ0n) is 11.2. The molecule has 106 valence electrons. The van der Waals surface area contributed by atoms with Crippen molar-refractivity contribution < 1.29 is 14.3 Å². The molecule has 6 nitrogen and oxygen atoms in total. The minimum absolute atomic E-state index is 0.131. The van der Waals surface area contributed by atoms with Gasteiger partial charge in [-0.25, -0.2) is 4.79 Å². The highest BCUT2D eigenvalue weighted by Crippen LogP contribution is 2.11. The van der Waals surface area contributed by atoms with Crippen molar-refractivity contribution in [3.8, 4) is 6.07 Å². The Labute approximate surface area is 117 Å². The molecule has 0 radical (unpaired) electrons. The molecule has 0 aromatic carbocycles. The third kappa shape index (κ3) is 3.60. The smallest absolute Gasteiger partial charge is 0.339 e. The number of rotatable bonds is 4. The van der Waals surface area contributed by atoms with Gasteiger partial charge < -0.3 is 14.6 Å². The van der Waals surface area contributed by atoms with Gasteiger partial charge >= 0.3 is 5.97 Å². The van der Waals surface area contributed by atoms with Crippen molar-refractivity contribution in [3.05, 3.63) is 23.5 Å². The molecule has 2 heterocycles. The van der Waals surface area contributed by atoms with E-state index in [1.165, 1.54) is 12.3 Å². The highest BCUT2D eigenvalue weighted by molar-refractivity contribution is 5.89. The third-order valence-corrected chi connectivity index (χ3v) is 3.30. The van der Waals surface area contributed by atoms with Crippen LogP contribution < -0.4 is 0 Å². The number of aromatic nitrogens is 1. The third-order valence-electron chi connectivity index (χ3n) is 3.30. The molecule has 0 spiro atoms. The van der Waals surface area contributed by atoms with Gasteiger partial charge in [-0.15, -0.1) is 0 Å². The van der Waals surface area contributed by atoms with E-state index in [4.69, 9.17) is 10.00 Å². The van der Waals surface area contributed by atoms with Crippen LogP contribution in [0.15, 0.2) is 12.3 Å². The maximum Gasteiger partial charge on any atom is 0.339 e. The molecule has 1 aromatic rings. The fourth-order valence-electron chi connectivity index (χ4n) is 2.18. The molecule has 1 saturated heterocycles. The lowest BCUT2D eigenvalue weighted by Crippen LogP contribution is -2.33. The van der Waals surface area contributed by atoms with Crippen molar-refractivity contribution in [3.63, 3.8) is 0 Å². The number of esters is 1. The van der Waals surface area contributed by atoms with Gasteiger partial charge in [0.05, 0.1) is 12.1 Å². The van der Waals surface area contributed by atoms with Gasteiger partial charge in [0.2, 0.25) is 5.91 Å². The number of nitriles is 1.